The minimum atomic E-state index is 0.0129. The van der Waals surface area contributed by atoms with E-state index in [0.717, 1.165) is 18.9 Å². The van der Waals surface area contributed by atoms with Gasteiger partial charge in [0.05, 0.1) is 5.60 Å². The monoisotopic (exact) mass is 401 g/mol. The minimum absolute atomic E-state index is 0.0129. The molecule has 0 spiro atoms. The number of rotatable bonds is 6. The normalized spacial score (nSPS) is 27.5. The summed E-state index contributed by atoms with van der Waals surface area (Å²) in [6.45, 7) is 5.29. The number of nitrogens with one attached hydrogen (secondary N) is 1. The van der Waals surface area contributed by atoms with Gasteiger partial charge in [0.1, 0.15) is 0 Å². The van der Waals surface area contributed by atoms with Crippen LogP contribution in [0, 0.1) is 9.49 Å². The highest BCUT2D eigenvalue weighted by Crippen LogP contribution is 2.38. The van der Waals surface area contributed by atoms with Gasteiger partial charge in [-0.15, -0.1) is 0 Å². The maximum atomic E-state index is 6.30. The Labute approximate surface area is 143 Å². The molecule has 1 aromatic rings. The third-order valence-corrected chi connectivity index (χ3v) is 5.61. The second-order valence-corrected chi connectivity index (χ2v) is 7.60. The number of benzene rings is 1. The molecule has 1 aliphatic rings. The molecule has 0 heterocycles. The SMILES string of the molecule is CCOC1(C(Cc2ccc(I)cc2)NC)CCC(C)CC1. The van der Waals surface area contributed by atoms with Gasteiger partial charge in [-0.1, -0.05) is 19.1 Å². The highest BCUT2D eigenvalue weighted by molar-refractivity contribution is 14.1. The van der Waals surface area contributed by atoms with Crippen molar-refractivity contribution >= 4 is 22.6 Å². The van der Waals surface area contributed by atoms with Crippen LogP contribution < -0.4 is 5.32 Å². The Balaban J connectivity index is 2.13. The van der Waals surface area contributed by atoms with E-state index in [2.05, 4.69) is 73.1 Å². The number of ether oxygens (including phenoxy) is 1. The molecule has 0 saturated heterocycles. The second-order valence-electron chi connectivity index (χ2n) is 6.35. The number of hydrogen-bond donors (Lipinski definition) is 1. The molecule has 118 valence electrons. The highest BCUT2D eigenvalue weighted by Gasteiger charge is 2.41. The molecule has 1 aromatic carbocycles. The predicted molar refractivity (Wildman–Crippen MR) is 97.7 cm³/mol. The first-order valence-electron chi connectivity index (χ1n) is 8.15. The van der Waals surface area contributed by atoms with Crippen LogP contribution in [0.25, 0.3) is 0 Å². The lowest BCUT2D eigenvalue weighted by atomic mass is 9.73. The van der Waals surface area contributed by atoms with Crippen molar-refractivity contribution in [3.8, 4) is 0 Å². The fourth-order valence-electron chi connectivity index (χ4n) is 3.54. The smallest absolute Gasteiger partial charge is 0.0837 e. The van der Waals surface area contributed by atoms with E-state index >= 15 is 0 Å². The summed E-state index contributed by atoms with van der Waals surface area (Å²) in [6.07, 6.45) is 5.97. The standard InChI is InChI=1S/C18H28INO/c1-4-21-18(11-9-14(2)10-12-18)17(20-3)13-15-5-7-16(19)8-6-15/h5-8,14,17,20H,4,9-13H2,1-3H3. The molecular weight excluding hydrogens is 373 g/mol. The Hall–Kier alpha value is -0.130. The summed E-state index contributed by atoms with van der Waals surface area (Å²) in [4.78, 5) is 0. The molecule has 1 saturated carbocycles. The topological polar surface area (TPSA) is 21.3 Å². The van der Waals surface area contributed by atoms with E-state index in [-0.39, 0.29) is 5.60 Å². The summed E-state index contributed by atoms with van der Waals surface area (Å²) in [5.41, 5.74) is 1.41. The molecule has 3 heteroatoms. The van der Waals surface area contributed by atoms with Crippen LogP contribution in [-0.2, 0) is 11.2 Å². The molecule has 1 N–H and O–H groups in total. The van der Waals surface area contributed by atoms with Gasteiger partial charge in [-0.2, -0.15) is 0 Å². The molecule has 2 rings (SSSR count). The van der Waals surface area contributed by atoms with Crippen LogP contribution >= 0.6 is 22.6 Å². The Morgan fingerprint density at radius 3 is 2.43 bits per heavy atom. The van der Waals surface area contributed by atoms with Crippen molar-refractivity contribution < 1.29 is 4.74 Å². The Kier molecular flexibility index (Phi) is 6.51. The fourth-order valence-corrected chi connectivity index (χ4v) is 3.90. The van der Waals surface area contributed by atoms with Crippen molar-refractivity contribution in [2.45, 2.75) is 57.6 Å². The van der Waals surface area contributed by atoms with E-state index in [1.165, 1.54) is 34.8 Å². The van der Waals surface area contributed by atoms with Crippen molar-refractivity contribution in [2.24, 2.45) is 5.92 Å². The van der Waals surface area contributed by atoms with Gasteiger partial charge < -0.3 is 10.1 Å². The Morgan fingerprint density at radius 1 is 1.29 bits per heavy atom. The van der Waals surface area contributed by atoms with Gasteiger partial charge in [-0.25, -0.2) is 0 Å². The molecule has 21 heavy (non-hydrogen) atoms. The number of hydrogen-bond acceptors (Lipinski definition) is 2. The Bertz CT molecular complexity index is 423. The molecule has 0 aliphatic heterocycles. The van der Waals surface area contributed by atoms with Crippen molar-refractivity contribution in [2.75, 3.05) is 13.7 Å². The van der Waals surface area contributed by atoms with Gasteiger partial charge in [0.15, 0.2) is 0 Å². The van der Waals surface area contributed by atoms with Crippen molar-refractivity contribution in [1.29, 1.82) is 0 Å². The van der Waals surface area contributed by atoms with Gasteiger partial charge in [-0.05, 0) is 92.3 Å². The van der Waals surface area contributed by atoms with Gasteiger partial charge >= 0.3 is 0 Å². The van der Waals surface area contributed by atoms with Gasteiger partial charge in [0.2, 0.25) is 0 Å². The fraction of sp³-hybridized carbons (Fsp3) is 0.667. The lowest BCUT2D eigenvalue weighted by Crippen LogP contribution is -2.54. The summed E-state index contributed by atoms with van der Waals surface area (Å²) in [5, 5.41) is 3.55. The van der Waals surface area contributed by atoms with Crippen molar-refractivity contribution in [3.63, 3.8) is 0 Å². The van der Waals surface area contributed by atoms with E-state index in [9.17, 15) is 0 Å². The molecule has 0 bridgehead atoms. The average Bonchev–Trinajstić information content (AvgIpc) is 2.49. The van der Waals surface area contributed by atoms with E-state index < -0.39 is 0 Å². The van der Waals surface area contributed by atoms with Crippen LogP contribution in [0.4, 0.5) is 0 Å². The van der Waals surface area contributed by atoms with Crippen LogP contribution in [0.15, 0.2) is 24.3 Å². The summed E-state index contributed by atoms with van der Waals surface area (Å²) < 4.78 is 7.60. The first-order chi connectivity index (χ1) is 10.1. The molecule has 1 unspecified atom stereocenters. The van der Waals surface area contributed by atoms with E-state index in [4.69, 9.17) is 4.74 Å². The van der Waals surface area contributed by atoms with Crippen LogP contribution in [0.1, 0.15) is 45.1 Å². The maximum absolute atomic E-state index is 6.30. The molecular formula is C18H28INO. The molecule has 1 atom stereocenters. The summed E-state index contributed by atoms with van der Waals surface area (Å²) >= 11 is 2.36. The van der Waals surface area contributed by atoms with Crippen molar-refractivity contribution in [1.82, 2.24) is 5.32 Å². The number of likely N-dealkylation sites (N-methyl/N-ethyl adjacent to an activating group) is 1. The third-order valence-electron chi connectivity index (χ3n) is 4.89. The average molecular weight is 401 g/mol. The van der Waals surface area contributed by atoms with Crippen LogP contribution in [0.3, 0.4) is 0 Å². The summed E-state index contributed by atoms with van der Waals surface area (Å²) in [7, 11) is 2.08. The molecule has 0 radical (unpaired) electrons. The first kappa shape index (κ1) is 17.2. The van der Waals surface area contributed by atoms with Gasteiger partial charge in [-0.3, -0.25) is 0 Å². The van der Waals surface area contributed by atoms with E-state index in [1.807, 2.05) is 0 Å². The molecule has 2 nitrogen and oxygen atoms in total. The van der Waals surface area contributed by atoms with E-state index in [1.54, 1.807) is 0 Å². The van der Waals surface area contributed by atoms with Crippen LogP contribution in [0.5, 0.6) is 0 Å². The largest absolute Gasteiger partial charge is 0.374 e. The zero-order valence-corrected chi connectivity index (χ0v) is 15.7. The molecule has 0 aromatic heterocycles. The zero-order chi connectivity index (χ0) is 15.3. The Morgan fingerprint density at radius 2 is 1.90 bits per heavy atom. The van der Waals surface area contributed by atoms with Crippen molar-refractivity contribution in [3.05, 3.63) is 33.4 Å². The summed E-state index contributed by atoms with van der Waals surface area (Å²) in [5.74, 6) is 0.842. The maximum Gasteiger partial charge on any atom is 0.0837 e. The molecule has 1 fully saturated rings. The zero-order valence-electron chi connectivity index (χ0n) is 13.5. The van der Waals surface area contributed by atoms with Crippen LogP contribution in [0.2, 0.25) is 0 Å². The predicted octanol–water partition coefficient (Wildman–Crippen LogP) is 4.41. The summed E-state index contributed by atoms with van der Waals surface area (Å²) in [6, 6.07) is 9.27. The van der Waals surface area contributed by atoms with Crippen LogP contribution in [-0.4, -0.2) is 25.3 Å². The first-order valence-corrected chi connectivity index (χ1v) is 9.23. The van der Waals surface area contributed by atoms with E-state index in [0.29, 0.717) is 6.04 Å². The highest BCUT2D eigenvalue weighted by atomic mass is 127. The molecule has 1 aliphatic carbocycles. The quantitative estimate of drug-likeness (QED) is 0.714. The van der Waals surface area contributed by atoms with Gasteiger partial charge in [0.25, 0.3) is 0 Å². The van der Waals surface area contributed by atoms with Gasteiger partial charge in [0, 0.05) is 16.2 Å². The lowest BCUT2D eigenvalue weighted by Gasteiger charge is -2.45. The third kappa shape index (κ3) is 4.42. The molecule has 0 amide bonds. The minimum Gasteiger partial charge on any atom is -0.374 e. The lowest BCUT2D eigenvalue weighted by molar-refractivity contribution is -0.0947. The number of halogens is 1. The second kappa shape index (κ2) is 7.93.